The van der Waals surface area contributed by atoms with Crippen molar-refractivity contribution in [2.45, 2.75) is 19.8 Å². The number of rotatable bonds is 4. The maximum absolute atomic E-state index is 11.5. The van der Waals surface area contributed by atoms with E-state index >= 15 is 0 Å². The molecule has 0 bridgehead atoms. The summed E-state index contributed by atoms with van der Waals surface area (Å²) < 4.78 is 5.82. The second-order valence-corrected chi connectivity index (χ2v) is 6.45. The summed E-state index contributed by atoms with van der Waals surface area (Å²) in [7, 11) is 0. The molecule has 1 N–H and O–H groups in total. The van der Waals surface area contributed by atoms with Crippen LogP contribution in [-0.2, 0) is 4.79 Å². The van der Waals surface area contributed by atoms with Gasteiger partial charge in [-0.15, -0.1) is 11.6 Å². The van der Waals surface area contributed by atoms with Gasteiger partial charge < -0.3 is 9.73 Å². The number of carbonyl (C=O) groups is 1. The number of oxazole rings is 1. The monoisotopic (exact) mass is 362 g/mol. The minimum atomic E-state index is -0.324. The molecule has 3 aromatic rings. The van der Waals surface area contributed by atoms with Gasteiger partial charge in [-0.3, -0.25) is 4.79 Å². The van der Waals surface area contributed by atoms with Crippen LogP contribution in [0.1, 0.15) is 25.3 Å². The highest BCUT2D eigenvalue weighted by Crippen LogP contribution is 2.31. The summed E-state index contributed by atoms with van der Waals surface area (Å²) in [6.45, 7) is 4.26. The predicted octanol–water partition coefficient (Wildman–Crippen LogP) is 5.45. The van der Waals surface area contributed by atoms with Gasteiger partial charge in [0.15, 0.2) is 5.58 Å². The molecule has 0 aliphatic carbocycles. The number of benzene rings is 2. The van der Waals surface area contributed by atoms with Gasteiger partial charge in [-0.05, 0) is 41.8 Å². The first kappa shape index (κ1) is 16.8. The van der Waals surface area contributed by atoms with Gasteiger partial charge >= 0.3 is 0 Å². The van der Waals surface area contributed by atoms with E-state index in [9.17, 15) is 4.79 Å². The number of alkyl halides is 1. The normalized spacial score (nSPS) is 11.2. The number of amides is 1. The lowest BCUT2D eigenvalue weighted by molar-refractivity contribution is -0.113. The van der Waals surface area contributed by atoms with Crippen LogP contribution in [0.15, 0.2) is 40.8 Å². The molecule has 0 spiro atoms. The lowest BCUT2D eigenvalue weighted by Gasteiger charge is -2.06. The highest BCUT2D eigenvalue weighted by molar-refractivity contribution is 6.34. The Bertz CT molecular complexity index is 903. The Labute approximate surface area is 149 Å². The molecule has 6 heteroatoms. The molecule has 0 fully saturated rings. The highest BCUT2D eigenvalue weighted by atomic mass is 35.5. The van der Waals surface area contributed by atoms with E-state index in [0.717, 1.165) is 16.7 Å². The molecule has 0 saturated heterocycles. The summed E-state index contributed by atoms with van der Waals surface area (Å²) in [5.41, 5.74) is 3.93. The topological polar surface area (TPSA) is 55.1 Å². The van der Waals surface area contributed by atoms with Crippen LogP contribution < -0.4 is 5.32 Å². The Morgan fingerprint density at radius 2 is 2.04 bits per heavy atom. The third-order valence-corrected chi connectivity index (χ3v) is 4.26. The summed E-state index contributed by atoms with van der Waals surface area (Å²) in [4.78, 5) is 16.0. The maximum atomic E-state index is 11.5. The smallest absolute Gasteiger partial charge is 0.239 e. The van der Waals surface area contributed by atoms with Crippen LogP contribution in [0.4, 0.5) is 5.69 Å². The van der Waals surface area contributed by atoms with Crippen molar-refractivity contribution in [2.75, 3.05) is 11.2 Å². The van der Waals surface area contributed by atoms with Gasteiger partial charge in [0.05, 0.1) is 10.7 Å². The molecular formula is C18H16Cl2N2O2. The highest BCUT2D eigenvalue weighted by Gasteiger charge is 2.13. The third kappa shape index (κ3) is 3.40. The molecule has 1 amide bonds. The number of hydrogen-bond donors (Lipinski definition) is 1. The van der Waals surface area contributed by atoms with Crippen LogP contribution in [0.25, 0.3) is 22.6 Å². The molecule has 24 heavy (non-hydrogen) atoms. The Balaban J connectivity index is 2.00. The maximum Gasteiger partial charge on any atom is 0.239 e. The zero-order valence-corrected chi connectivity index (χ0v) is 14.8. The molecule has 0 unspecified atom stereocenters. The van der Waals surface area contributed by atoms with Crippen LogP contribution in [0.3, 0.4) is 0 Å². The van der Waals surface area contributed by atoms with Gasteiger partial charge in [-0.25, -0.2) is 4.98 Å². The zero-order chi connectivity index (χ0) is 17.3. The average Bonchev–Trinajstić information content (AvgIpc) is 2.99. The van der Waals surface area contributed by atoms with Crippen LogP contribution in [-0.4, -0.2) is 16.8 Å². The summed E-state index contributed by atoms with van der Waals surface area (Å²) in [6, 6.07) is 11.2. The first-order valence-electron chi connectivity index (χ1n) is 7.54. The fraction of sp³-hybridized carbons (Fsp3) is 0.222. The number of halogens is 2. The Kier molecular flexibility index (Phi) is 4.78. The number of nitrogens with zero attached hydrogens (tertiary/aromatic N) is 1. The van der Waals surface area contributed by atoms with Gasteiger partial charge in [-0.1, -0.05) is 31.5 Å². The Morgan fingerprint density at radius 3 is 2.75 bits per heavy atom. The first-order chi connectivity index (χ1) is 11.5. The van der Waals surface area contributed by atoms with Crippen molar-refractivity contribution < 1.29 is 9.21 Å². The van der Waals surface area contributed by atoms with Crippen molar-refractivity contribution in [3.8, 4) is 11.5 Å². The van der Waals surface area contributed by atoms with E-state index in [0.29, 0.717) is 22.5 Å². The second kappa shape index (κ2) is 6.83. The molecule has 4 nitrogen and oxygen atoms in total. The Morgan fingerprint density at radius 1 is 1.25 bits per heavy atom. The van der Waals surface area contributed by atoms with E-state index in [2.05, 4.69) is 24.1 Å². The summed E-state index contributed by atoms with van der Waals surface area (Å²) in [5.74, 6) is 0.433. The molecule has 1 aromatic heterocycles. The first-order valence-corrected chi connectivity index (χ1v) is 8.45. The molecule has 0 saturated carbocycles. The van der Waals surface area contributed by atoms with Gasteiger partial charge in [0.1, 0.15) is 11.4 Å². The lowest BCUT2D eigenvalue weighted by atomic mass is 10.0. The fourth-order valence-corrected chi connectivity index (χ4v) is 2.60. The minimum absolute atomic E-state index is 0.137. The van der Waals surface area contributed by atoms with Crippen molar-refractivity contribution in [1.82, 2.24) is 4.98 Å². The van der Waals surface area contributed by atoms with Crippen molar-refractivity contribution in [3.63, 3.8) is 0 Å². The molecule has 1 heterocycles. The quantitative estimate of drug-likeness (QED) is 0.627. The SMILES string of the molecule is CC(C)c1ccc2oc(-c3ccc(Cl)c(NC(=O)CCl)c3)nc2c1. The number of carbonyl (C=O) groups excluding carboxylic acids is 1. The van der Waals surface area contributed by atoms with Crippen molar-refractivity contribution in [1.29, 1.82) is 0 Å². The molecule has 0 aliphatic rings. The van der Waals surface area contributed by atoms with E-state index in [-0.39, 0.29) is 11.8 Å². The molecule has 2 aromatic carbocycles. The van der Waals surface area contributed by atoms with E-state index in [1.807, 2.05) is 18.2 Å². The molecular weight excluding hydrogens is 347 g/mol. The van der Waals surface area contributed by atoms with Crippen LogP contribution >= 0.6 is 23.2 Å². The molecule has 0 radical (unpaired) electrons. The summed E-state index contributed by atoms with van der Waals surface area (Å²) in [5, 5.41) is 3.08. The number of hydrogen-bond acceptors (Lipinski definition) is 3. The standard InChI is InChI=1S/C18H16Cl2N2O2/c1-10(2)11-4-6-16-15(7-11)22-18(24-16)12-3-5-13(20)14(8-12)21-17(23)9-19/h3-8,10H,9H2,1-2H3,(H,21,23). The van der Waals surface area contributed by atoms with Crippen LogP contribution in [0.5, 0.6) is 0 Å². The van der Waals surface area contributed by atoms with Crippen LogP contribution in [0.2, 0.25) is 5.02 Å². The number of nitrogens with one attached hydrogen (secondary N) is 1. The molecule has 124 valence electrons. The third-order valence-electron chi connectivity index (χ3n) is 3.69. The van der Waals surface area contributed by atoms with E-state index in [1.165, 1.54) is 5.56 Å². The van der Waals surface area contributed by atoms with Gasteiger partial charge in [-0.2, -0.15) is 0 Å². The largest absolute Gasteiger partial charge is 0.436 e. The molecule has 3 rings (SSSR count). The van der Waals surface area contributed by atoms with E-state index in [1.54, 1.807) is 18.2 Å². The molecule has 0 atom stereocenters. The fourth-order valence-electron chi connectivity index (χ4n) is 2.36. The van der Waals surface area contributed by atoms with E-state index < -0.39 is 0 Å². The number of fused-ring (bicyclic) bond motifs is 1. The average molecular weight is 363 g/mol. The minimum Gasteiger partial charge on any atom is -0.436 e. The van der Waals surface area contributed by atoms with Gasteiger partial charge in [0.2, 0.25) is 11.8 Å². The zero-order valence-electron chi connectivity index (χ0n) is 13.3. The summed E-state index contributed by atoms with van der Waals surface area (Å²) >= 11 is 11.6. The Hall–Kier alpha value is -2.04. The van der Waals surface area contributed by atoms with E-state index in [4.69, 9.17) is 27.6 Å². The lowest BCUT2D eigenvalue weighted by Crippen LogP contribution is -2.12. The van der Waals surface area contributed by atoms with Crippen molar-refractivity contribution >= 4 is 45.9 Å². The second-order valence-electron chi connectivity index (χ2n) is 5.78. The summed E-state index contributed by atoms with van der Waals surface area (Å²) in [6.07, 6.45) is 0. The number of anilines is 1. The van der Waals surface area contributed by atoms with Gasteiger partial charge in [0, 0.05) is 5.56 Å². The predicted molar refractivity (Wildman–Crippen MR) is 97.9 cm³/mol. The van der Waals surface area contributed by atoms with Crippen LogP contribution in [0, 0.1) is 0 Å². The molecule has 0 aliphatic heterocycles. The van der Waals surface area contributed by atoms with Gasteiger partial charge in [0.25, 0.3) is 0 Å². The number of aromatic nitrogens is 1. The van der Waals surface area contributed by atoms with Crippen molar-refractivity contribution in [3.05, 3.63) is 47.0 Å². The van der Waals surface area contributed by atoms with Crippen molar-refractivity contribution in [2.24, 2.45) is 0 Å².